The molecule has 1 atom stereocenters. The highest BCUT2D eigenvalue weighted by molar-refractivity contribution is 5.64. The Bertz CT molecular complexity index is 496. The van der Waals surface area contributed by atoms with Gasteiger partial charge in [0.25, 0.3) is 0 Å². The van der Waals surface area contributed by atoms with Crippen LogP contribution in [0.3, 0.4) is 0 Å². The lowest BCUT2D eigenvalue weighted by Gasteiger charge is -2.10. The van der Waals surface area contributed by atoms with Crippen molar-refractivity contribution >= 4 is 0 Å². The average molecular weight is 231 g/mol. The second-order valence-electron chi connectivity index (χ2n) is 3.92. The van der Waals surface area contributed by atoms with Gasteiger partial charge in [0.15, 0.2) is 0 Å². The minimum absolute atomic E-state index is 0.0904. The van der Waals surface area contributed by atoms with Crippen LogP contribution >= 0.6 is 0 Å². The van der Waals surface area contributed by atoms with E-state index in [-0.39, 0.29) is 18.5 Å². The number of hydrogen-bond acceptors (Lipinski definition) is 2. The molecule has 0 aliphatic heterocycles. The standard InChI is InChI=1S/C14H14FNO/c15-13-6-4-10(5-7-13)11-2-1-3-12(8-11)14(16)9-17/h1-8,14,17H,9,16H2/t14-/m1/s1. The molecule has 2 nitrogen and oxygen atoms in total. The fraction of sp³-hybridized carbons (Fsp3) is 0.143. The molecule has 0 heterocycles. The second kappa shape index (κ2) is 5.08. The van der Waals surface area contributed by atoms with Crippen LogP contribution in [0.1, 0.15) is 11.6 Å². The van der Waals surface area contributed by atoms with E-state index in [1.807, 2.05) is 24.3 Å². The Kier molecular flexibility index (Phi) is 3.52. The van der Waals surface area contributed by atoms with Gasteiger partial charge in [-0.15, -0.1) is 0 Å². The lowest BCUT2D eigenvalue weighted by molar-refractivity contribution is 0.268. The first-order chi connectivity index (χ1) is 8.20. The SMILES string of the molecule is N[C@H](CO)c1cccc(-c2ccc(F)cc2)c1. The number of aliphatic hydroxyl groups excluding tert-OH is 1. The third-order valence-electron chi connectivity index (χ3n) is 2.69. The minimum atomic E-state index is -0.379. The molecule has 0 saturated heterocycles. The van der Waals surface area contributed by atoms with Gasteiger partial charge in [0.2, 0.25) is 0 Å². The maximum atomic E-state index is 12.8. The summed E-state index contributed by atoms with van der Waals surface area (Å²) >= 11 is 0. The molecule has 0 spiro atoms. The Hall–Kier alpha value is -1.71. The zero-order chi connectivity index (χ0) is 12.3. The lowest BCUT2D eigenvalue weighted by Crippen LogP contribution is -2.14. The Morgan fingerprint density at radius 3 is 2.41 bits per heavy atom. The van der Waals surface area contributed by atoms with Gasteiger partial charge in [-0.1, -0.05) is 30.3 Å². The molecule has 0 unspecified atom stereocenters. The highest BCUT2D eigenvalue weighted by atomic mass is 19.1. The van der Waals surface area contributed by atoms with Crippen molar-refractivity contribution in [1.29, 1.82) is 0 Å². The maximum absolute atomic E-state index is 12.8. The Morgan fingerprint density at radius 1 is 1.06 bits per heavy atom. The Balaban J connectivity index is 2.36. The number of nitrogens with two attached hydrogens (primary N) is 1. The fourth-order valence-electron chi connectivity index (χ4n) is 1.70. The first-order valence-corrected chi connectivity index (χ1v) is 5.43. The van der Waals surface area contributed by atoms with Crippen molar-refractivity contribution in [3.8, 4) is 11.1 Å². The molecule has 17 heavy (non-hydrogen) atoms. The van der Waals surface area contributed by atoms with Crippen LogP contribution in [0.4, 0.5) is 4.39 Å². The summed E-state index contributed by atoms with van der Waals surface area (Å²) in [5.74, 6) is -0.253. The molecule has 3 heteroatoms. The highest BCUT2D eigenvalue weighted by Crippen LogP contribution is 2.22. The van der Waals surface area contributed by atoms with Crippen molar-refractivity contribution in [2.24, 2.45) is 5.73 Å². The van der Waals surface area contributed by atoms with Gasteiger partial charge < -0.3 is 10.8 Å². The van der Waals surface area contributed by atoms with Crippen LogP contribution in [0.2, 0.25) is 0 Å². The van der Waals surface area contributed by atoms with E-state index in [4.69, 9.17) is 10.8 Å². The Morgan fingerprint density at radius 2 is 1.76 bits per heavy atom. The van der Waals surface area contributed by atoms with Crippen LogP contribution in [-0.4, -0.2) is 11.7 Å². The molecule has 2 aromatic rings. The van der Waals surface area contributed by atoms with Crippen LogP contribution in [0, 0.1) is 5.82 Å². The van der Waals surface area contributed by atoms with Gasteiger partial charge in [-0.25, -0.2) is 4.39 Å². The maximum Gasteiger partial charge on any atom is 0.123 e. The highest BCUT2D eigenvalue weighted by Gasteiger charge is 2.05. The third kappa shape index (κ3) is 2.70. The Labute approximate surface area is 99.5 Å². The van der Waals surface area contributed by atoms with Crippen molar-refractivity contribution in [1.82, 2.24) is 0 Å². The molecule has 88 valence electrons. The van der Waals surface area contributed by atoms with Crippen LogP contribution in [0.15, 0.2) is 48.5 Å². The summed E-state index contributed by atoms with van der Waals surface area (Å²) in [4.78, 5) is 0. The molecule has 0 radical (unpaired) electrons. The summed E-state index contributed by atoms with van der Waals surface area (Å²) in [7, 11) is 0. The van der Waals surface area contributed by atoms with E-state index < -0.39 is 0 Å². The van der Waals surface area contributed by atoms with Gasteiger partial charge in [0, 0.05) is 0 Å². The van der Waals surface area contributed by atoms with Crippen molar-refractivity contribution in [2.45, 2.75) is 6.04 Å². The normalized spacial score (nSPS) is 12.4. The third-order valence-corrected chi connectivity index (χ3v) is 2.69. The molecular weight excluding hydrogens is 217 g/mol. The van der Waals surface area contributed by atoms with Crippen LogP contribution in [-0.2, 0) is 0 Å². The molecule has 0 fully saturated rings. The largest absolute Gasteiger partial charge is 0.394 e. The first-order valence-electron chi connectivity index (χ1n) is 5.43. The van der Waals surface area contributed by atoms with Crippen LogP contribution < -0.4 is 5.73 Å². The number of aliphatic hydroxyl groups is 1. The van der Waals surface area contributed by atoms with E-state index >= 15 is 0 Å². The van der Waals surface area contributed by atoms with Gasteiger partial charge in [-0.2, -0.15) is 0 Å². The summed E-state index contributed by atoms with van der Waals surface area (Å²) < 4.78 is 12.8. The number of hydrogen-bond donors (Lipinski definition) is 2. The van der Waals surface area contributed by atoms with Crippen LogP contribution in [0.25, 0.3) is 11.1 Å². The van der Waals surface area contributed by atoms with Crippen molar-refractivity contribution in [2.75, 3.05) is 6.61 Å². The van der Waals surface area contributed by atoms with Gasteiger partial charge >= 0.3 is 0 Å². The van der Waals surface area contributed by atoms with Gasteiger partial charge in [-0.05, 0) is 34.9 Å². The molecule has 0 bridgehead atoms. The van der Waals surface area contributed by atoms with E-state index in [1.54, 1.807) is 12.1 Å². The van der Waals surface area contributed by atoms with E-state index in [9.17, 15) is 4.39 Å². The molecular formula is C14H14FNO. The first kappa shape index (κ1) is 11.8. The molecule has 0 saturated carbocycles. The smallest absolute Gasteiger partial charge is 0.123 e. The molecule has 0 aromatic heterocycles. The van der Waals surface area contributed by atoms with Crippen molar-refractivity contribution < 1.29 is 9.50 Å². The molecule has 3 N–H and O–H groups in total. The monoisotopic (exact) mass is 231 g/mol. The van der Waals surface area contributed by atoms with Crippen molar-refractivity contribution in [3.63, 3.8) is 0 Å². The predicted octanol–water partition coefficient (Wildman–Crippen LogP) is 2.48. The molecule has 0 aliphatic carbocycles. The lowest BCUT2D eigenvalue weighted by atomic mass is 10.0. The number of rotatable bonds is 3. The van der Waals surface area contributed by atoms with E-state index in [0.717, 1.165) is 16.7 Å². The van der Waals surface area contributed by atoms with Gasteiger partial charge in [0.1, 0.15) is 5.82 Å². The quantitative estimate of drug-likeness (QED) is 0.852. The predicted molar refractivity (Wildman–Crippen MR) is 65.9 cm³/mol. The topological polar surface area (TPSA) is 46.2 Å². The van der Waals surface area contributed by atoms with Gasteiger partial charge in [-0.3, -0.25) is 0 Å². The van der Waals surface area contributed by atoms with E-state index in [0.29, 0.717) is 0 Å². The number of halogens is 1. The summed E-state index contributed by atoms with van der Waals surface area (Å²) in [6.45, 7) is -0.0904. The number of benzene rings is 2. The molecule has 0 amide bonds. The molecule has 2 aromatic carbocycles. The van der Waals surface area contributed by atoms with E-state index in [1.165, 1.54) is 12.1 Å². The summed E-state index contributed by atoms with van der Waals surface area (Å²) in [5.41, 5.74) is 8.52. The molecule has 2 rings (SSSR count). The summed E-state index contributed by atoms with van der Waals surface area (Å²) in [5, 5.41) is 9.01. The zero-order valence-corrected chi connectivity index (χ0v) is 9.31. The average Bonchev–Trinajstić information content (AvgIpc) is 2.39. The van der Waals surface area contributed by atoms with Gasteiger partial charge in [0.05, 0.1) is 12.6 Å². The molecule has 0 aliphatic rings. The van der Waals surface area contributed by atoms with E-state index in [2.05, 4.69) is 0 Å². The van der Waals surface area contributed by atoms with Crippen molar-refractivity contribution in [3.05, 3.63) is 59.9 Å². The summed E-state index contributed by atoms with van der Waals surface area (Å²) in [6, 6.07) is 13.5. The summed E-state index contributed by atoms with van der Waals surface area (Å²) in [6.07, 6.45) is 0. The van der Waals surface area contributed by atoms with Crippen LogP contribution in [0.5, 0.6) is 0 Å². The second-order valence-corrected chi connectivity index (χ2v) is 3.92. The zero-order valence-electron chi connectivity index (χ0n) is 9.31. The fourth-order valence-corrected chi connectivity index (χ4v) is 1.70. The minimum Gasteiger partial charge on any atom is -0.394 e.